The summed E-state index contributed by atoms with van der Waals surface area (Å²) in [6, 6.07) is 7.19. The summed E-state index contributed by atoms with van der Waals surface area (Å²) in [6.07, 6.45) is 1.16. The van der Waals surface area contributed by atoms with Gasteiger partial charge in [0.05, 0.1) is 17.5 Å². The first kappa shape index (κ1) is 15.4. The summed E-state index contributed by atoms with van der Waals surface area (Å²) in [4.78, 5) is 12.7. The lowest BCUT2D eigenvalue weighted by atomic mass is 9.81. The number of hydrogen-bond donors (Lipinski definition) is 2. The standard InChI is InChI=1S/C14H20N2O2S/c1-4-14(5-2,12(15)19)13(17)16-10-7-6-8-11(9-10)18-3/h6-9H,4-5H2,1-3H3,(H2,15,19)(H,16,17). The Morgan fingerprint density at radius 3 is 2.53 bits per heavy atom. The van der Waals surface area contributed by atoms with E-state index < -0.39 is 5.41 Å². The van der Waals surface area contributed by atoms with Crippen LogP contribution in [0.25, 0.3) is 0 Å². The van der Waals surface area contributed by atoms with Crippen LogP contribution >= 0.6 is 12.2 Å². The molecule has 0 unspecified atom stereocenters. The van der Waals surface area contributed by atoms with Crippen LogP contribution in [0.1, 0.15) is 26.7 Å². The first-order chi connectivity index (χ1) is 9.00. The van der Waals surface area contributed by atoms with Gasteiger partial charge >= 0.3 is 0 Å². The number of anilines is 1. The van der Waals surface area contributed by atoms with Crippen molar-refractivity contribution in [1.29, 1.82) is 0 Å². The van der Waals surface area contributed by atoms with Crippen LogP contribution in [0.5, 0.6) is 5.75 Å². The Bertz CT molecular complexity index is 470. The summed E-state index contributed by atoms with van der Waals surface area (Å²) in [5.41, 5.74) is 5.63. The number of ether oxygens (including phenoxy) is 1. The van der Waals surface area contributed by atoms with Crippen LogP contribution in [0.3, 0.4) is 0 Å². The van der Waals surface area contributed by atoms with Crippen molar-refractivity contribution in [3.05, 3.63) is 24.3 Å². The molecule has 19 heavy (non-hydrogen) atoms. The minimum atomic E-state index is -0.793. The second kappa shape index (κ2) is 6.52. The van der Waals surface area contributed by atoms with Crippen LogP contribution in [0.2, 0.25) is 0 Å². The molecule has 1 rings (SSSR count). The van der Waals surface area contributed by atoms with Gasteiger partial charge in [0.1, 0.15) is 5.75 Å². The number of amides is 1. The molecule has 0 heterocycles. The van der Waals surface area contributed by atoms with Crippen molar-refractivity contribution in [1.82, 2.24) is 0 Å². The molecule has 3 N–H and O–H groups in total. The van der Waals surface area contributed by atoms with Gasteiger partial charge in [-0.1, -0.05) is 32.1 Å². The van der Waals surface area contributed by atoms with E-state index in [1.807, 2.05) is 26.0 Å². The van der Waals surface area contributed by atoms with Crippen molar-refractivity contribution in [2.24, 2.45) is 11.1 Å². The van der Waals surface area contributed by atoms with Crippen molar-refractivity contribution in [2.45, 2.75) is 26.7 Å². The van der Waals surface area contributed by atoms with E-state index in [-0.39, 0.29) is 10.9 Å². The minimum absolute atomic E-state index is 0.168. The highest BCUT2D eigenvalue weighted by Crippen LogP contribution is 2.29. The van der Waals surface area contributed by atoms with Crippen molar-refractivity contribution in [2.75, 3.05) is 12.4 Å². The maximum atomic E-state index is 12.4. The van der Waals surface area contributed by atoms with Crippen molar-refractivity contribution >= 4 is 28.8 Å². The van der Waals surface area contributed by atoms with E-state index in [1.165, 1.54) is 0 Å². The van der Waals surface area contributed by atoms with Gasteiger partial charge in [-0.3, -0.25) is 4.79 Å². The molecule has 0 spiro atoms. The van der Waals surface area contributed by atoms with Gasteiger partial charge in [0.15, 0.2) is 0 Å². The normalized spacial score (nSPS) is 10.9. The van der Waals surface area contributed by atoms with E-state index in [2.05, 4.69) is 5.32 Å². The third-order valence-corrected chi connectivity index (χ3v) is 3.83. The SMILES string of the molecule is CCC(CC)(C(=O)Nc1cccc(OC)c1)C(N)=S. The number of carbonyl (C=O) groups is 1. The van der Waals surface area contributed by atoms with Crippen LogP contribution in [-0.4, -0.2) is 18.0 Å². The highest BCUT2D eigenvalue weighted by Gasteiger charge is 2.38. The molecule has 0 aliphatic carbocycles. The third-order valence-electron chi connectivity index (χ3n) is 3.44. The second-order valence-electron chi connectivity index (χ2n) is 4.34. The summed E-state index contributed by atoms with van der Waals surface area (Å²) in [5.74, 6) is 0.518. The molecule has 1 aromatic rings. The van der Waals surface area contributed by atoms with Gasteiger partial charge in [0.2, 0.25) is 5.91 Å². The first-order valence-electron chi connectivity index (χ1n) is 6.25. The predicted molar refractivity (Wildman–Crippen MR) is 81.4 cm³/mol. The van der Waals surface area contributed by atoms with Gasteiger partial charge in [0, 0.05) is 11.8 Å². The van der Waals surface area contributed by atoms with Crippen LogP contribution in [0.15, 0.2) is 24.3 Å². The largest absolute Gasteiger partial charge is 0.497 e. The lowest BCUT2D eigenvalue weighted by Crippen LogP contribution is -2.45. The molecule has 0 aromatic heterocycles. The number of benzene rings is 1. The zero-order valence-electron chi connectivity index (χ0n) is 11.5. The monoisotopic (exact) mass is 280 g/mol. The Hall–Kier alpha value is -1.62. The molecule has 0 fully saturated rings. The second-order valence-corrected chi connectivity index (χ2v) is 4.78. The molecule has 104 valence electrons. The van der Waals surface area contributed by atoms with E-state index in [0.29, 0.717) is 24.3 Å². The fourth-order valence-corrected chi connectivity index (χ4v) is 2.36. The Morgan fingerprint density at radius 2 is 2.05 bits per heavy atom. The molecule has 0 bridgehead atoms. The van der Waals surface area contributed by atoms with Gasteiger partial charge < -0.3 is 15.8 Å². The molecular formula is C14H20N2O2S. The van der Waals surface area contributed by atoms with Gasteiger partial charge in [0.25, 0.3) is 0 Å². The number of carbonyl (C=O) groups excluding carboxylic acids is 1. The van der Waals surface area contributed by atoms with Gasteiger partial charge in [-0.2, -0.15) is 0 Å². The zero-order valence-corrected chi connectivity index (χ0v) is 12.3. The molecule has 0 atom stereocenters. The van der Waals surface area contributed by atoms with E-state index in [1.54, 1.807) is 19.2 Å². The number of nitrogens with one attached hydrogen (secondary N) is 1. The van der Waals surface area contributed by atoms with Crippen LogP contribution < -0.4 is 15.8 Å². The summed E-state index contributed by atoms with van der Waals surface area (Å²) >= 11 is 5.06. The summed E-state index contributed by atoms with van der Waals surface area (Å²) in [7, 11) is 1.58. The van der Waals surface area contributed by atoms with Gasteiger partial charge in [-0.15, -0.1) is 0 Å². The topological polar surface area (TPSA) is 64.3 Å². The van der Waals surface area contributed by atoms with Crippen molar-refractivity contribution in [3.63, 3.8) is 0 Å². The highest BCUT2D eigenvalue weighted by molar-refractivity contribution is 7.80. The van der Waals surface area contributed by atoms with Crippen LogP contribution in [0.4, 0.5) is 5.69 Å². The third kappa shape index (κ3) is 3.23. The lowest BCUT2D eigenvalue weighted by Gasteiger charge is -2.28. The summed E-state index contributed by atoms with van der Waals surface area (Å²) in [5, 5.41) is 2.85. The maximum Gasteiger partial charge on any atom is 0.237 e. The average Bonchev–Trinajstić information content (AvgIpc) is 2.40. The average molecular weight is 280 g/mol. The number of methoxy groups -OCH3 is 1. The van der Waals surface area contributed by atoms with E-state index >= 15 is 0 Å². The van der Waals surface area contributed by atoms with Crippen molar-refractivity contribution < 1.29 is 9.53 Å². The van der Waals surface area contributed by atoms with E-state index in [0.717, 1.165) is 0 Å². The summed E-state index contributed by atoms with van der Waals surface area (Å²) < 4.78 is 5.12. The first-order valence-corrected chi connectivity index (χ1v) is 6.66. The smallest absolute Gasteiger partial charge is 0.237 e. The summed E-state index contributed by atoms with van der Waals surface area (Å²) in [6.45, 7) is 3.82. The minimum Gasteiger partial charge on any atom is -0.497 e. The molecule has 1 aromatic carbocycles. The van der Waals surface area contributed by atoms with E-state index in [9.17, 15) is 4.79 Å². The molecule has 4 nitrogen and oxygen atoms in total. The van der Waals surface area contributed by atoms with Crippen LogP contribution in [0, 0.1) is 5.41 Å². The van der Waals surface area contributed by atoms with Crippen LogP contribution in [-0.2, 0) is 4.79 Å². The van der Waals surface area contributed by atoms with Gasteiger partial charge in [-0.05, 0) is 25.0 Å². The number of thiocarbonyl (C=S) groups is 1. The van der Waals surface area contributed by atoms with E-state index in [4.69, 9.17) is 22.7 Å². The quantitative estimate of drug-likeness (QED) is 0.786. The lowest BCUT2D eigenvalue weighted by molar-refractivity contribution is -0.122. The molecule has 0 saturated carbocycles. The van der Waals surface area contributed by atoms with Crippen molar-refractivity contribution in [3.8, 4) is 5.75 Å². The highest BCUT2D eigenvalue weighted by atomic mass is 32.1. The molecule has 0 aliphatic heterocycles. The molecule has 5 heteroatoms. The molecule has 0 radical (unpaired) electrons. The molecular weight excluding hydrogens is 260 g/mol. The molecule has 0 aliphatic rings. The Morgan fingerprint density at radius 1 is 1.42 bits per heavy atom. The Kier molecular flexibility index (Phi) is 5.30. The zero-order chi connectivity index (χ0) is 14.5. The maximum absolute atomic E-state index is 12.4. The number of rotatable bonds is 6. The molecule has 0 saturated heterocycles. The fraction of sp³-hybridized carbons (Fsp3) is 0.429. The number of nitrogens with two attached hydrogens (primary N) is 1. The Balaban J connectivity index is 2.96. The van der Waals surface area contributed by atoms with Gasteiger partial charge in [-0.25, -0.2) is 0 Å². The number of hydrogen-bond acceptors (Lipinski definition) is 3. The fourth-order valence-electron chi connectivity index (χ4n) is 1.98. The predicted octanol–water partition coefficient (Wildman–Crippen LogP) is 2.73. The Labute approximate surface area is 119 Å². The molecule has 1 amide bonds.